The van der Waals surface area contributed by atoms with Crippen LogP contribution in [0.5, 0.6) is 0 Å². The number of unbranched alkanes of at least 4 members (excludes halogenated alkanes) is 1. The van der Waals surface area contributed by atoms with Crippen LogP contribution in [0.2, 0.25) is 6.04 Å². The highest BCUT2D eigenvalue weighted by Crippen LogP contribution is 2.07. The Balaban J connectivity index is 2.85. The number of halogens is 2. The zero-order valence-corrected chi connectivity index (χ0v) is 7.07. The summed E-state index contributed by atoms with van der Waals surface area (Å²) in [5, 5.41) is 8.06. The number of nitriles is 1. The van der Waals surface area contributed by atoms with Crippen LogP contribution in [0.3, 0.4) is 0 Å². The lowest BCUT2D eigenvalue weighted by Crippen LogP contribution is -1.89. The van der Waals surface area contributed by atoms with Crippen LogP contribution in [0.4, 0.5) is 0 Å². The van der Waals surface area contributed by atoms with Gasteiger partial charge in [0.25, 0.3) is 0 Å². The Kier molecular flexibility index (Phi) is 5.62. The molecule has 0 radical (unpaired) electrons. The van der Waals surface area contributed by atoms with Crippen molar-refractivity contribution in [2.24, 2.45) is 0 Å². The molecule has 0 spiro atoms. The fourth-order valence-corrected chi connectivity index (χ4v) is 1.77. The highest BCUT2D eigenvalue weighted by Gasteiger charge is 1.98. The van der Waals surface area contributed by atoms with Crippen LogP contribution in [0.15, 0.2) is 0 Å². The van der Waals surface area contributed by atoms with Gasteiger partial charge in [0.15, 0.2) is 0 Å². The molecule has 1 nitrogen and oxygen atoms in total. The zero-order chi connectivity index (χ0) is 6.41. The summed E-state index contributed by atoms with van der Waals surface area (Å²) in [5.74, 6) is 0. The van der Waals surface area contributed by atoms with Crippen molar-refractivity contribution in [1.29, 1.82) is 5.26 Å². The van der Waals surface area contributed by atoms with Crippen LogP contribution in [0.1, 0.15) is 12.8 Å². The third kappa shape index (κ3) is 6.29. The standard InChI is InChI=1S/C4H7Cl2NSi/c5-8(6)4-2-1-3-7/h8H,1-2,4H2. The van der Waals surface area contributed by atoms with Crippen molar-refractivity contribution in [2.75, 3.05) is 0 Å². The molecule has 0 heterocycles. The Labute approximate surface area is 60.2 Å². The molecule has 0 saturated heterocycles. The van der Waals surface area contributed by atoms with Gasteiger partial charge < -0.3 is 0 Å². The predicted octanol–water partition coefficient (Wildman–Crippen LogP) is 1.99. The van der Waals surface area contributed by atoms with Crippen molar-refractivity contribution >= 4 is 29.6 Å². The van der Waals surface area contributed by atoms with Crippen molar-refractivity contribution in [3.05, 3.63) is 0 Å². The van der Waals surface area contributed by atoms with Crippen LogP contribution < -0.4 is 0 Å². The molecule has 0 aliphatic carbocycles. The first-order chi connectivity index (χ1) is 3.77. The summed E-state index contributed by atoms with van der Waals surface area (Å²) in [6, 6.07) is 2.89. The first-order valence-corrected chi connectivity index (χ1v) is 6.73. The van der Waals surface area contributed by atoms with E-state index in [1.807, 2.05) is 6.07 Å². The topological polar surface area (TPSA) is 23.8 Å². The van der Waals surface area contributed by atoms with Gasteiger partial charge in [0.05, 0.1) is 6.07 Å². The summed E-state index contributed by atoms with van der Waals surface area (Å²) in [6.45, 7) is 0. The van der Waals surface area contributed by atoms with E-state index in [1.54, 1.807) is 0 Å². The fraction of sp³-hybridized carbons (Fsp3) is 0.750. The largest absolute Gasteiger partial charge is 0.237 e. The molecule has 0 saturated carbocycles. The number of hydrogen-bond donors (Lipinski definition) is 0. The molecule has 0 N–H and O–H groups in total. The van der Waals surface area contributed by atoms with E-state index >= 15 is 0 Å². The summed E-state index contributed by atoms with van der Waals surface area (Å²) >= 11 is 11.0. The van der Waals surface area contributed by atoms with Gasteiger partial charge in [-0.15, -0.1) is 0 Å². The van der Waals surface area contributed by atoms with Crippen LogP contribution in [0, 0.1) is 11.3 Å². The molecule has 0 aromatic rings. The lowest BCUT2D eigenvalue weighted by Gasteiger charge is -1.91. The average molecular weight is 168 g/mol. The van der Waals surface area contributed by atoms with E-state index in [4.69, 9.17) is 27.4 Å². The molecule has 0 unspecified atom stereocenters. The summed E-state index contributed by atoms with van der Waals surface area (Å²) in [7, 11) is -1.41. The van der Waals surface area contributed by atoms with E-state index < -0.39 is 7.42 Å². The van der Waals surface area contributed by atoms with Crippen molar-refractivity contribution in [2.45, 2.75) is 18.9 Å². The molecular weight excluding hydrogens is 161 g/mol. The Morgan fingerprint density at radius 2 is 2.12 bits per heavy atom. The minimum absolute atomic E-state index is 0.586. The van der Waals surface area contributed by atoms with Crippen LogP contribution >= 0.6 is 22.2 Å². The highest BCUT2D eigenvalue weighted by molar-refractivity contribution is 7.33. The summed E-state index contributed by atoms with van der Waals surface area (Å²) in [6.07, 6.45) is 1.45. The molecule has 4 heteroatoms. The maximum Gasteiger partial charge on any atom is 0.237 e. The molecule has 8 heavy (non-hydrogen) atoms. The van der Waals surface area contributed by atoms with E-state index in [2.05, 4.69) is 0 Å². The van der Waals surface area contributed by atoms with Gasteiger partial charge in [0, 0.05) is 6.42 Å². The highest BCUT2D eigenvalue weighted by atomic mass is 35.7. The van der Waals surface area contributed by atoms with E-state index in [-0.39, 0.29) is 0 Å². The molecule has 0 aromatic heterocycles. The number of hydrogen-bond acceptors (Lipinski definition) is 1. The van der Waals surface area contributed by atoms with Crippen LogP contribution in [-0.2, 0) is 0 Å². The Morgan fingerprint density at radius 3 is 2.50 bits per heavy atom. The molecule has 0 atom stereocenters. The van der Waals surface area contributed by atoms with Crippen LogP contribution in [-0.4, -0.2) is 7.42 Å². The summed E-state index contributed by atoms with van der Waals surface area (Å²) in [5.41, 5.74) is 0. The lowest BCUT2D eigenvalue weighted by atomic mass is 10.4. The molecule has 0 amide bonds. The van der Waals surface area contributed by atoms with Gasteiger partial charge in [0.1, 0.15) is 0 Å². The van der Waals surface area contributed by atoms with Gasteiger partial charge in [-0.25, -0.2) is 0 Å². The molecule has 0 aliphatic rings. The van der Waals surface area contributed by atoms with Crippen molar-refractivity contribution < 1.29 is 0 Å². The van der Waals surface area contributed by atoms with E-state index in [9.17, 15) is 0 Å². The second kappa shape index (κ2) is 5.42. The lowest BCUT2D eigenvalue weighted by molar-refractivity contribution is 0.962. The van der Waals surface area contributed by atoms with Crippen molar-refractivity contribution in [3.8, 4) is 6.07 Å². The SMILES string of the molecule is N#CCCC[SiH](Cl)Cl. The van der Waals surface area contributed by atoms with Gasteiger partial charge in [0.2, 0.25) is 7.42 Å². The van der Waals surface area contributed by atoms with Crippen LogP contribution in [0.25, 0.3) is 0 Å². The third-order valence-corrected chi connectivity index (χ3v) is 2.86. The maximum atomic E-state index is 8.06. The molecule has 46 valence electrons. The second-order valence-electron chi connectivity index (χ2n) is 1.44. The van der Waals surface area contributed by atoms with Gasteiger partial charge in [-0.2, -0.15) is 27.4 Å². The Morgan fingerprint density at radius 1 is 1.50 bits per heavy atom. The van der Waals surface area contributed by atoms with E-state index in [1.165, 1.54) is 0 Å². The molecule has 0 aromatic carbocycles. The molecule has 0 fully saturated rings. The van der Waals surface area contributed by atoms with Crippen molar-refractivity contribution in [3.63, 3.8) is 0 Å². The van der Waals surface area contributed by atoms with Gasteiger partial charge in [-0.05, 0) is 12.5 Å². The smallest absolute Gasteiger partial charge is 0.198 e. The fourth-order valence-electron chi connectivity index (χ4n) is 0.335. The van der Waals surface area contributed by atoms with Gasteiger partial charge in [-0.1, -0.05) is 0 Å². The molecule has 0 aliphatic heterocycles. The first-order valence-electron chi connectivity index (χ1n) is 2.42. The minimum atomic E-state index is -1.41. The molecular formula is C4H7Cl2NSi. The summed E-state index contributed by atoms with van der Waals surface area (Å²) in [4.78, 5) is 0. The quantitative estimate of drug-likeness (QED) is 0.359. The number of rotatable bonds is 3. The number of nitrogens with zero attached hydrogens (tertiary/aromatic N) is 1. The van der Waals surface area contributed by atoms with Gasteiger partial charge >= 0.3 is 0 Å². The van der Waals surface area contributed by atoms with E-state index in [0.717, 1.165) is 12.5 Å². The summed E-state index contributed by atoms with van der Waals surface area (Å²) < 4.78 is 0. The minimum Gasteiger partial charge on any atom is -0.198 e. The first kappa shape index (κ1) is 8.29. The predicted molar refractivity (Wildman–Crippen MR) is 38.5 cm³/mol. The Hall–Kier alpha value is 0.287. The monoisotopic (exact) mass is 167 g/mol. The molecule has 0 bridgehead atoms. The Bertz CT molecular complexity index is 88.5. The second-order valence-corrected chi connectivity index (χ2v) is 6.63. The maximum absolute atomic E-state index is 8.06. The van der Waals surface area contributed by atoms with Gasteiger partial charge in [-0.3, -0.25) is 0 Å². The zero-order valence-electron chi connectivity index (χ0n) is 4.40. The van der Waals surface area contributed by atoms with E-state index in [0.29, 0.717) is 6.42 Å². The normalized spacial score (nSPS) is 9.25. The molecule has 0 rings (SSSR count). The van der Waals surface area contributed by atoms with Crippen molar-refractivity contribution in [1.82, 2.24) is 0 Å². The average Bonchev–Trinajstić information content (AvgIpc) is 1.66. The third-order valence-electron chi connectivity index (χ3n) is 0.711.